The molecule has 1 rings (SSSR count). The summed E-state index contributed by atoms with van der Waals surface area (Å²) in [5, 5.41) is 0. The van der Waals surface area contributed by atoms with Gasteiger partial charge in [0.1, 0.15) is 0 Å². The van der Waals surface area contributed by atoms with Crippen LogP contribution < -0.4 is 0 Å². The summed E-state index contributed by atoms with van der Waals surface area (Å²) >= 11 is -0.149. The minimum absolute atomic E-state index is 0.0373. The fraction of sp³-hybridized carbons (Fsp3) is 0.733. The molecule has 1 aliphatic rings. The Hall–Kier alpha value is 0.323. The third-order valence-corrected chi connectivity index (χ3v) is 6.42. The summed E-state index contributed by atoms with van der Waals surface area (Å²) in [6.45, 7) is 7.31. The Labute approximate surface area is 118 Å². The van der Waals surface area contributed by atoms with Crippen LogP contribution in [0.4, 0.5) is 0 Å². The summed E-state index contributed by atoms with van der Waals surface area (Å²) in [5.74, 6) is 0. The number of rotatable bonds is 8. The molecular formula is C15H26OZr. The first-order valence-corrected chi connectivity index (χ1v) is 9.96. The van der Waals surface area contributed by atoms with Crippen LogP contribution in [0.25, 0.3) is 0 Å². The predicted octanol–water partition coefficient (Wildman–Crippen LogP) is 4.78. The molecule has 0 aromatic heterocycles. The zero-order chi connectivity index (χ0) is 12.6. The van der Waals surface area contributed by atoms with Crippen molar-refractivity contribution in [2.24, 2.45) is 0 Å². The van der Waals surface area contributed by atoms with Gasteiger partial charge in [-0.1, -0.05) is 0 Å². The van der Waals surface area contributed by atoms with Crippen LogP contribution in [0.2, 0.25) is 7.75 Å². The number of hydrogen-bond donors (Lipinski definition) is 0. The van der Waals surface area contributed by atoms with Crippen molar-refractivity contribution in [3.8, 4) is 0 Å². The van der Waals surface area contributed by atoms with E-state index in [0.29, 0.717) is 0 Å². The van der Waals surface area contributed by atoms with Gasteiger partial charge in [0.25, 0.3) is 0 Å². The standard InChI is InChI=1S/C10H21O.C5H5.Zr/c1-5-6-7-8-9-11-10(2,3)4;1-2-4-5-3-1;/h1,5-9H2,2-4H3;1-5H;. The van der Waals surface area contributed by atoms with E-state index >= 15 is 0 Å². The van der Waals surface area contributed by atoms with E-state index in [-0.39, 0.29) is 28.8 Å². The van der Waals surface area contributed by atoms with Crippen LogP contribution in [0.5, 0.6) is 0 Å². The second-order valence-electron chi connectivity index (χ2n) is 5.62. The maximum atomic E-state index is 5.71. The number of ether oxygens (including phenoxy) is 1. The van der Waals surface area contributed by atoms with E-state index in [9.17, 15) is 0 Å². The van der Waals surface area contributed by atoms with Crippen molar-refractivity contribution in [2.45, 2.75) is 59.8 Å². The quantitative estimate of drug-likeness (QED) is 0.586. The zero-order valence-corrected chi connectivity index (χ0v) is 14.0. The summed E-state index contributed by atoms with van der Waals surface area (Å²) < 4.78 is 8.13. The molecule has 0 bridgehead atoms. The molecule has 0 aromatic rings. The van der Waals surface area contributed by atoms with Crippen molar-refractivity contribution in [2.75, 3.05) is 6.61 Å². The van der Waals surface area contributed by atoms with Crippen molar-refractivity contribution >= 4 is 0 Å². The molecule has 0 spiro atoms. The first-order valence-electron chi connectivity index (χ1n) is 6.80. The van der Waals surface area contributed by atoms with Crippen LogP contribution in [0.1, 0.15) is 46.5 Å². The Morgan fingerprint density at radius 1 is 1.00 bits per heavy atom. The second-order valence-corrected chi connectivity index (χ2v) is 9.50. The second kappa shape index (κ2) is 8.43. The van der Waals surface area contributed by atoms with Gasteiger partial charge in [-0.3, -0.25) is 0 Å². The van der Waals surface area contributed by atoms with E-state index in [2.05, 4.69) is 45.1 Å². The van der Waals surface area contributed by atoms with Gasteiger partial charge in [-0.2, -0.15) is 0 Å². The Morgan fingerprint density at radius 2 is 1.65 bits per heavy atom. The summed E-state index contributed by atoms with van der Waals surface area (Å²) in [6, 6.07) is 0. The molecule has 96 valence electrons. The fourth-order valence-electron chi connectivity index (χ4n) is 1.80. The van der Waals surface area contributed by atoms with Gasteiger partial charge >= 0.3 is 119 Å². The predicted molar refractivity (Wildman–Crippen MR) is 71.0 cm³/mol. The van der Waals surface area contributed by atoms with E-state index in [1.54, 1.807) is 0 Å². The van der Waals surface area contributed by atoms with Crippen molar-refractivity contribution in [1.82, 2.24) is 0 Å². The number of hydrogen-bond acceptors (Lipinski definition) is 1. The summed E-state index contributed by atoms with van der Waals surface area (Å²) in [6.07, 6.45) is 14.6. The van der Waals surface area contributed by atoms with Gasteiger partial charge in [-0.05, 0) is 0 Å². The first kappa shape index (κ1) is 15.4. The van der Waals surface area contributed by atoms with E-state index < -0.39 is 0 Å². The van der Waals surface area contributed by atoms with Crippen molar-refractivity contribution in [3.05, 3.63) is 24.3 Å². The first-order chi connectivity index (χ1) is 8.08. The molecule has 1 aliphatic carbocycles. The normalized spacial score (nSPS) is 15.7. The van der Waals surface area contributed by atoms with E-state index in [1.165, 1.54) is 29.8 Å². The van der Waals surface area contributed by atoms with Gasteiger partial charge in [0.15, 0.2) is 0 Å². The molecule has 0 saturated heterocycles. The van der Waals surface area contributed by atoms with E-state index in [4.69, 9.17) is 4.74 Å². The molecule has 0 radical (unpaired) electrons. The van der Waals surface area contributed by atoms with E-state index in [1.807, 2.05) is 0 Å². The van der Waals surface area contributed by atoms with Crippen LogP contribution in [0.3, 0.4) is 0 Å². The van der Waals surface area contributed by atoms with Crippen LogP contribution in [0, 0.1) is 0 Å². The van der Waals surface area contributed by atoms with Gasteiger partial charge < -0.3 is 0 Å². The third-order valence-electron chi connectivity index (χ3n) is 2.73. The Bertz CT molecular complexity index is 238. The molecule has 2 heteroatoms. The Kier molecular flexibility index (Phi) is 7.63. The molecule has 0 saturated carbocycles. The SMILES string of the molecule is CC(C)(C)OCCCCC[CH2][Zr][CH]1C=CC=C1. The minimum atomic E-state index is -0.149. The summed E-state index contributed by atoms with van der Waals surface area (Å²) in [7, 11) is 0. The van der Waals surface area contributed by atoms with Crippen molar-refractivity contribution < 1.29 is 28.0 Å². The monoisotopic (exact) mass is 312 g/mol. The van der Waals surface area contributed by atoms with Crippen LogP contribution in [-0.4, -0.2) is 12.2 Å². The van der Waals surface area contributed by atoms with E-state index in [0.717, 1.165) is 10.2 Å². The maximum absolute atomic E-state index is 5.71. The number of allylic oxidation sites excluding steroid dienone is 4. The van der Waals surface area contributed by atoms with Gasteiger partial charge in [-0.25, -0.2) is 0 Å². The van der Waals surface area contributed by atoms with Crippen molar-refractivity contribution in [3.63, 3.8) is 0 Å². The molecule has 0 amide bonds. The number of unbranched alkanes of at least 4 members (excludes halogenated alkanes) is 3. The average Bonchev–Trinajstić information content (AvgIpc) is 2.73. The van der Waals surface area contributed by atoms with Crippen LogP contribution in [-0.2, 0) is 28.0 Å². The van der Waals surface area contributed by atoms with Gasteiger partial charge in [-0.15, -0.1) is 0 Å². The molecular weight excluding hydrogens is 287 g/mol. The zero-order valence-electron chi connectivity index (χ0n) is 11.5. The molecule has 0 N–H and O–H groups in total. The molecule has 0 aliphatic heterocycles. The van der Waals surface area contributed by atoms with Gasteiger partial charge in [0.05, 0.1) is 0 Å². The van der Waals surface area contributed by atoms with Crippen LogP contribution in [0.15, 0.2) is 24.3 Å². The van der Waals surface area contributed by atoms with Crippen LogP contribution >= 0.6 is 0 Å². The molecule has 0 atom stereocenters. The Morgan fingerprint density at radius 3 is 2.29 bits per heavy atom. The van der Waals surface area contributed by atoms with Gasteiger partial charge in [0.2, 0.25) is 0 Å². The molecule has 0 heterocycles. The van der Waals surface area contributed by atoms with Crippen molar-refractivity contribution in [1.29, 1.82) is 0 Å². The Balaban J connectivity index is 1.81. The summed E-state index contributed by atoms with van der Waals surface area (Å²) in [4.78, 5) is 0. The third kappa shape index (κ3) is 8.97. The molecule has 1 nitrogen and oxygen atoms in total. The molecule has 0 aromatic carbocycles. The average molecular weight is 314 g/mol. The molecule has 0 unspecified atom stereocenters. The molecule has 0 fully saturated rings. The van der Waals surface area contributed by atoms with Gasteiger partial charge in [0, 0.05) is 0 Å². The molecule has 17 heavy (non-hydrogen) atoms. The fourth-order valence-corrected chi connectivity index (χ4v) is 4.95. The summed E-state index contributed by atoms with van der Waals surface area (Å²) in [5.41, 5.74) is 0.0373. The topological polar surface area (TPSA) is 9.23 Å².